The predicted octanol–water partition coefficient (Wildman–Crippen LogP) is 1.68. The van der Waals surface area contributed by atoms with Crippen LogP contribution in [0.15, 0.2) is 22.8 Å². The van der Waals surface area contributed by atoms with Gasteiger partial charge in [0.05, 0.1) is 6.26 Å². The lowest BCUT2D eigenvalue weighted by Crippen LogP contribution is -1.93. The third kappa shape index (κ3) is 1.64. The quantitative estimate of drug-likeness (QED) is 0.775. The molecule has 2 aromatic heterocycles. The van der Waals surface area contributed by atoms with Gasteiger partial charge in [-0.15, -0.1) is 0 Å². The van der Waals surface area contributed by atoms with Crippen LogP contribution >= 0.6 is 0 Å². The molecule has 4 heteroatoms. The molecule has 0 atom stereocenters. The highest BCUT2D eigenvalue weighted by Gasteiger charge is 2.06. The van der Waals surface area contributed by atoms with E-state index in [1.54, 1.807) is 6.26 Å². The first-order valence-corrected chi connectivity index (χ1v) is 4.59. The number of nitrogens with one attached hydrogen (secondary N) is 1. The molecule has 0 saturated carbocycles. The first-order valence-electron chi connectivity index (χ1n) is 4.59. The van der Waals surface area contributed by atoms with E-state index in [-0.39, 0.29) is 0 Å². The van der Waals surface area contributed by atoms with Crippen LogP contribution < -0.4 is 5.73 Å². The van der Waals surface area contributed by atoms with Gasteiger partial charge in [-0.1, -0.05) is 0 Å². The minimum Gasteiger partial charge on any atom is -0.469 e. The first kappa shape index (κ1) is 8.87. The molecule has 4 nitrogen and oxygen atoms in total. The van der Waals surface area contributed by atoms with E-state index in [9.17, 15) is 0 Å². The number of anilines is 1. The molecule has 0 bridgehead atoms. The van der Waals surface area contributed by atoms with Gasteiger partial charge in [0, 0.05) is 17.7 Å². The van der Waals surface area contributed by atoms with Crippen molar-refractivity contribution in [3.8, 4) is 0 Å². The number of furan rings is 1. The summed E-state index contributed by atoms with van der Waals surface area (Å²) in [5.74, 6) is 1.57. The number of nitrogens with zero attached hydrogens (tertiary/aromatic N) is 1. The number of rotatable bonds is 3. The van der Waals surface area contributed by atoms with Gasteiger partial charge >= 0.3 is 0 Å². The maximum Gasteiger partial charge on any atom is 0.148 e. The van der Waals surface area contributed by atoms with Crippen molar-refractivity contribution in [1.82, 2.24) is 10.2 Å². The molecule has 14 heavy (non-hydrogen) atoms. The van der Waals surface area contributed by atoms with Gasteiger partial charge in [-0.25, -0.2) is 0 Å². The van der Waals surface area contributed by atoms with Crippen LogP contribution in [0.2, 0.25) is 0 Å². The Morgan fingerprint density at radius 1 is 1.50 bits per heavy atom. The number of H-pyrrole nitrogens is 1. The van der Waals surface area contributed by atoms with Crippen LogP contribution in [0.1, 0.15) is 17.0 Å². The summed E-state index contributed by atoms with van der Waals surface area (Å²) in [6.07, 6.45) is 3.43. The van der Waals surface area contributed by atoms with Gasteiger partial charge in [0.1, 0.15) is 11.6 Å². The van der Waals surface area contributed by atoms with E-state index >= 15 is 0 Å². The van der Waals surface area contributed by atoms with Crippen molar-refractivity contribution in [2.45, 2.75) is 19.8 Å². The molecule has 0 aromatic carbocycles. The lowest BCUT2D eigenvalue weighted by Gasteiger charge is -1.96. The molecule has 0 fully saturated rings. The summed E-state index contributed by atoms with van der Waals surface area (Å²) in [6, 6.07) is 3.86. The van der Waals surface area contributed by atoms with Crippen molar-refractivity contribution in [3.63, 3.8) is 0 Å². The zero-order valence-electron chi connectivity index (χ0n) is 8.08. The average Bonchev–Trinajstić information content (AvgIpc) is 2.77. The molecule has 0 radical (unpaired) electrons. The Kier molecular flexibility index (Phi) is 2.26. The van der Waals surface area contributed by atoms with Gasteiger partial charge in [0.25, 0.3) is 0 Å². The molecule has 2 aromatic rings. The standard InChI is InChI=1S/C10H13N3O/c1-7-9(12-13-10(7)11)5-4-8-3-2-6-14-8/h2-3,6H,4-5H2,1H3,(H3,11,12,13). The number of hydrogen-bond acceptors (Lipinski definition) is 3. The monoisotopic (exact) mass is 191 g/mol. The lowest BCUT2D eigenvalue weighted by atomic mass is 10.1. The van der Waals surface area contributed by atoms with Crippen LogP contribution in [0.5, 0.6) is 0 Å². The van der Waals surface area contributed by atoms with Gasteiger partial charge < -0.3 is 10.2 Å². The predicted molar refractivity (Wildman–Crippen MR) is 53.9 cm³/mol. The van der Waals surface area contributed by atoms with E-state index < -0.39 is 0 Å². The molecule has 0 spiro atoms. The van der Waals surface area contributed by atoms with Crippen molar-refractivity contribution in [3.05, 3.63) is 35.4 Å². The highest BCUT2D eigenvalue weighted by molar-refractivity contribution is 5.40. The van der Waals surface area contributed by atoms with Crippen LogP contribution in [0.3, 0.4) is 0 Å². The van der Waals surface area contributed by atoms with E-state index in [2.05, 4.69) is 10.2 Å². The van der Waals surface area contributed by atoms with Crippen molar-refractivity contribution in [1.29, 1.82) is 0 Å². The molecule has 0 unspecified atom stereocenters. The zero-order chi connectivity index (χ0) is 9.97. The summed E-state index contributed by atoms with van der Waals surface area (Å²) in [7, 11) is 0. The van der Waals surface area contributed by atoms with Crippen LogP contribution in [-0.2, 0) is 12.8 Å². The van der Waals surface area contributed by atoms with Crippen molar-refractivity contribution >= 4 is 5.82 Å². The fraction of sp³-hybridized carbons (Fsp3) is 0.300. The van der Waals surface area contributed by atoms with E-state index in [1.165, 1.54) is 0 Å². The second-order valence-electron chi connectivity index (χ2n) is 3.29. The van der Waals surface area contributed by atoms with Crippen LogP contribution in [0, 0.1) is 6.92 Å². The molecule has 3 N–H and O–H groups in total. The Hall–Kier alpha value is -1.71. The van der Waals surface area contributed by atoms with Crippen molar-refractivity contribution in [2.24, 2.45) is 0 Å². The Bertz CT molecular complexity index is 403. The molecule has 2 heterocycles. The van der Waals surface area contributed by atoms with Crippen molar-refractivity contribution in [2.75, 3.05) is 5.73 Å². The number of nitrogen functional groups attached to an aromatic ring is 1. The number of hydrogen-bond donors (Lipinski definition) is 2. The molecule has 0 aliphatic heterocycles. The molecule has 2 rings (SSSR count). The number of nitrogens with two attached hydrogens (primary N) is 1. The Morgan fingerprint density at radius 3 is 2.93 bits per heavy atom. The topological polar surface area (TPSA) is 67.8 Å². The first-order chi connectivity index (χ1) is 6.77. The number of aromatic nitrogens is 2. The SMILES string of the molecule is Cc1c(N)n[nH]c1CCc1ccco1. The van der Waals surface area contributed by atoms with E-state index in [0.29, 0.717) is 5.82 Å². The van der Waals surface area contributed by atoms with E-state index in [0.717, 1.165) is 29.9 Å². The minimum absolute atomic E-state index is 0.583. The fourth-order valence-electron chi connectivity index (χ4n) is 1.40. The smallest absolute Gasteiger partial charge is 0.148 e. The van der Waals surface area contributed by atoms with Gasteiger partial charge in [-0.05, 0) is 25.5 Å². The second kappa shape index (κ2) is 3.57. The lowest BCUT2D eigenvalue weighted by molar-refractivity contribution is 0.507. The normalized spacial score (nSPS) is 10.6. The molecular formula is C10H13N3O. The Morgan fingerprint density at radius 2 is 2.36 bits per heavy atom. The molecule has 0 aliphatic carbocycles. The fourth-order valence-corrected chi connectivity index (χ4v) is 1.40. The molecule has 0 amide bonds. The summed E-state index contributed by atoms with van der Waals surface area (Å²) in [6.45, 7) is 1.97. The molecule has 0 aliphatic rings. The maximum atomic E-state index is 5.62. The summed E-state index contributed by atoms with van der Waals surface area (Å²) in [5.41, 5.74) is 7.74. The van der Waals surface area contributed by atoms with E-state index in [1.807, 2.05) is 19.1 Å². The number of aryl methyl sites for hydroxylation is 2. The largest absolute Gasteiger partial charge is 0.469 e. The number of aromatic amines is 1. The Balaban J connectivity index is 2.02. The van der Waals surface area contributed by atoms with Crippen LogP contribution in [0.25, 0.3) is 0 Å². The molecule has 0 saturated heterocycles. The highest BCUT2D eigenvalue weighted by Crippen LogP contribution is 2.13. The average molecular weight is 191 g/mol. The summed E-state index contributed by atoms with van der Waals surface area (Å²) in [4.78, 5) is 0. The summed E-state index contributed by atoms with van der Waals surface area (Å²) >= 11 is 0. The Labute approximate surface area is 82.1 Å². The highest BCUT2D eigenvalue weighted by atomic mass is 16.3. The third-order valence-corrected chi connectivity index (χ3v) is 2.35. The van der Waals surface area contributed by atoms with Gasteiger partial charge in [-0.2, -0.15) is 5.10 Å². The minimum atomic E-state index is 0.583. The van der Waals surface area contributed by atoms with E-state index in [4.69, 9.17) is 10.2 Å². The van der Waals surface area contributed by atoms with Crippen LogP contribution in [-0.4, -0.2) is 10.2 Å². The third-order valence-electron chi connectivity index (χ3n) is 2.35. The van der Waals surface area contributed by atoms with Gasteiger partial charge in [0.2, 0.25) is 0 Å². The second-order valence-corrected chi connectivity index (χ2v) is 3.29. The summed E-state index contributed by atoms with van der Waals surface area (Å²) in [5, 5.41) is 6.86. The van der Waals surface area contributed by atoms with Gasteiger partial charge in [-0.3, -0.25) is 5.10 Å². The summed E-state index contributed by atoms with van der Waals surface area (Å²) < 4.78 is 5.24. The zero-order valence-corrected chi connectivity index (χ0v) is 8.08. The molecule has 74 valence electrons. The maximum absolute atomic E-state index is 5.62. The van der Waals surface area contributed by atoms with Crippen molar-refractivity contribution < 1.29 is 4.42 Å². The molecular weight excluding hydrogens is 178 g/mol. The van der Waals surface area contributed by atoms with Gasteiger partial charge in [0.15, 0.2) is 0 Å². The van der Waals surface area contributed by atoms with Crippen LogP contribution in [0.4, 0.5) is 5.82 Å².